The highest BCUT2D eigenvalue weighted by Gasteiger charge is 2.29. The number of rotatable bonds is 4. The van der Waals surface area contributed by atoms with Crippen molar-refractivity contribution >= 4 is 17.7 Å². The molecular formula is C19H22N2OS. The number of hydrogen-bond donors (Lipinski definition) is 0. The molecular weight excluding hydrogens is 304 g/mol. The summed E-state index contributed by atoms with van der Waals surface area (Å²) in [6.45, 7) is 2.63. The van der Waals surface area contributed by atoms with E-state index in [9.17, 15) is 4.79 Å². The predicted octanol–water partition coefficient (Wildman–Crippen LogP) is 3.29. The lowest BCUT2D eigenvalue weighted by Crippen LogP contribution is -2.49. The summed E-state index contributed by atoms with van der Waals surface area (Å²) in [5, 5.41) is 0. The van der Waals surface area contributed by atoms with Gasteiger partial charge in [0.05, 0.1) is 11.8 Å². The average Bonchev–Trinajstić information content (AvgIpc) is 2.61. The van der Waals surface area contributed by atoms with E-state index in [2.05, 4.69) is 36.2 Å². The zero-order chi connectivity index (χ0) is 16.1. The molecule has 0 aliphatic carbocycles. The molecule has 0 bridgehead atoms. The highest BCUT2D eigenvalue weighted by molar-refractivity contribution is 8.00. The third kappa shape index (κ3) is 4.15. The summed E-state index contributed by atoms with van der Waals surface area (Å²) in [5.41, 5.74) is 1.22. The fourth-order valence-corrected chi connectivity index (χ4v) is 3.73. The molecule has 0 saturated carbocycles. The maximum absolute atomic E-state index is 12.7. The summed E-state index contributed by atoms with van der Waals surface area (Å²) in [5.74, 6) is 0.720. The summed E-state index contributed by atoms with van der Waals surface area (Å²) >= 11 is 1.62. The Morgan fingerprint density at radius 3 is 2.39 bits per heavy atom. The molecule has 0 N–H and O–H groups in total. The van der Waals surface area contributed by atoms with Crippen LogP contribution < -0.4 is 0 Å². The zero-order valence-electron chi connectivity index (χ0n) is 13.4. The molecule has 3 nitrogen and oxygen atoms in total. The van der Waals surface area contributed by atoms with Gasteiger partial charge in [-0.15, -0.1) is 11.8 Å². The van der Waals surface area contributed by atoms with Crippen LogP contribution in [0.5, 0.6) is 0 Å². The van der Waals surface area contributed by atoms with Gasteiger partial charge >= 0.3 is 0 Å². The van der Waals surface area contributed by atoms with Crippen LogP contribution >= 0.6 is 11.8 Å². The zero-order valence-corrected chi connectivity index (χ0v) is 14.2. The van der Waals surface area contributed by atoms with Crippen LogP contribution in [0.15, 0.2) is 65.6 Å². The van der Waals surface area contributed by atoms with Crippen molar-refractivity contribution in [2.45, 2.75) is 10.9 Å². The molecule has 23 heavy (non-hydrogen) atoms. The van der Waals surface area contributed by atoms with Gasteiger partial charge in [-0.25, -0.2) is 0 Å². The molecule has 1 atom stereocenters. The number of benzene rings is 2. The third-order valence-electron chi connectivity index (χ3n) is 4.19. The van der Waals surface area contributed by atoms with Gasteiger partial charge in [-0.05, 0) is 24.7 Å². The molecule has 4 heteroatoms. The first kappa shape index (κ1) is 16.1. The van der Waals surface area contributed by atoms with Crippen LogP contribution in [0.3, 0.4) is 0 Å². The maximum Gasteiger partial charge on any atom is 0.233 e. The molecule has 3 rings (SSSR count). The summed E-state index contributed by atoms with van der Waals surface area (Å²) in [6.07, 6.45) is 0. The summed E-state index contributed by atoms with van der Waals surface area (Å²) in [7, 11) is 2.12. The largest absolute Gasteiger partial charge is 0.332 e. The molecule has 1 aliphatic rings. The molecule has 1 unspecified atom stereocenters. The molecule has 2 aromatic rings. The van der Waals surface area contributed by atoms with Crippen LogP contribution in [0.25, 0.3) is 0 Å². The van der Waals surface area contributed by atoms with E-state index in [-0.39, 0.29) is 11.9 Å². The van der Waals surface area contributed by atoms with Crippen molar-refractivity contribution in [3.8, 4) is 0 Å². The molecule has 120 valence electrons. The monoisotopic (exact) mass is 326 g/mol. The Balaban J connectivity index is 1.69. The van der Waals surface area contributed by atoms with E-state index in [0.717, 1.165) is 24.5 Å². The predicted molar refractivity (Wildman–Crippen MR) is 95.6 cm³/mol. The molecule has 1 amide bonds. The van der Waals surface area contributed by atoms with Crippen LogP contribution in [0, 0.1) is 0 Å². The van der Waals surface area contributed by atoms with Crippen LogP contribution in [0.4, 0.5) is 0 Å². The van der Waals surface area contributed by atoms with Crippen molar-refractivity contribution in [3.05, 3.63) is 66.2 Å². The second-order valence-electron chi connectivity index (χ2n) is 5.88. The highest BCUT2D eigenvalue weighted by atomic mass is 32.2. The van der Waals surface area contributed by atoms with Crippen molar-refractivity contribution in [1.29, 1.82) is 0 Å². The molecule has 0 aromatic heterocycles. The second kappa shape index (κ2) is 7.66. The number of nitrogens with zero attached hydrogens (tertiary/aromatic N) is 2. The fourth-order valence-electron chi connectivity index (χ4n) is 2.92. The fraction of sp³-hybridized carbons (Fsp3) is 0.316. The molecule has 0 spiro atoms. The first-order valence-corrected chi connectivity index (χ1v) is 8.93. The van der Waals surface area contributed by atoms with E-state index in [1.165, 1.54) is 5.56 Å². The number of hydrogen-bond acceptors (Lipinski definition) is 3. The number of carbonyl (C=O) groups excluding carboxylic acids is 1. The highest BCUT2D eigenvalue weighted by Crippen LogP contribution is 2.26. The standard InChI is InChI=1S/C19H22N2OS/c1-20-12-13-21(18(14-20)16-8-4-2-5-9-16)19(22)15-23-17-10-6-3-7-11-17/h2-11,18H,12-15H2,1H3. The Kier molecular flexibility index (Phi) is 5.36. The minimum absolute atomic E-state index is 0.152. The number of thioether (sulfide) groups is 1. The van der Waals surface area contributed by atoms with Crippen molar-refractivity contribution in [3.63, 3.8) is 0 Å². The summed E-state index contributed by atoms with van der Waals surface area (Å²) < 4.78 is 0. The SMILES string of the molecule is CN1CCN(C(=O)CSc2ccccc2)C(c2ccccc2)C1. The molecule has 1 aliphatic heterocycles. The van der Waals surface area contributed by atoms with Gasteiger partial charge in [-0.2, -0.15) is 0 Å². The first-order valence-electron chi connectivity index (χ1n) is 7.95. The van der Waals surface area contributed by atoms with Crippen molar-refractivity contribution in [2.24, 2.45) is 0 Å². The average molecular weight is 326 g/mol. The van der Waals surface area contributed by atoms with Gasteiger partial charge in [0.15, 0.2) is 0 Å². The maximum atomic E-state index is 12.7. The Morgan fingerprint density at radius 2 is 1.70 bits per heavy atom. The van der Waals surface area contributed by atoms with E-state index in [0.29, 0.717) is 5.75 Å². The Bertz CT molecular complexity index is 632. The molecule has 2 aromatic carbocycles. The summed E-state index contributed by atoms with van der Waals surface area (Å²) in [4.78, 5) is 18.2. The van der Waals surface area contributed by atoms with Crippen molar-refractivity contribution in [2.75, 3.05) is 32.4 Å². The van der Waals surface area contributed by atoms with E-state index in [4.69, 9.17) is 0 Å². The number of amides is 1. The molecule has 0 radical (unpaired) electrons. The number of carbonyl (C=O) groups is 1. The van der Waals surface area contributed by atoms with Gasteiger partial charge < -0.3 is 9.80 Å². The quantitative estimate of drug-likeness (QED) is 0.806. The van der Waals surface area contributed by atoms with Gasteiger partial charge in [0.2, 0.25) is 5.91 Å². The lowest BCUT2D eigenvalue weighted by molar-refractivity contribution is -0.133. The smallest absolute Gasteiger partial charge is 0.233 e. The van der Waals surface area contributed by atoms with Gasteiger partial charge in [0.25, 0.3) is 0 Å². The lowest BCUT2D eigenvalue weighted by atomic mass is 10.0. The van der Waals surface area contributed by atoms with Gasteiger partial charge in [0.1, 0.15) is 0 Å². The number of piperazine rings is 1. The Hall–Kier alpha value is -1.78. The van der Waals surface area contributed by atoms with Crippen LogP contribution in [-0.2, 0) is 4.79 Å². The van der Waals surface area contributed by atoms with Gasteiger partial charge in [0, 0.05) is 24.5 Å². The normalized spacial score (nSPS) is 18.8. The number of likely N-dealkylation sites (N-methyl/N-ethyl adjacent to an activating group) is 1. The van der Waals surface area contributed by atoms with E-state index in [1.807, 2.05) is 41.3 Å². The van der Waals surface area contributed by atoms with Gasteiger partial charge in [-0.3, -0.25) is 4.79 Å². The van der Waals surface area contributed by atoms with Crippen LogP contribution in [-0.4, -0.2) is 48.1 Å². The van der Waals surface area contributed by atoms with E-state index in [1.54, 1.807) is 11.8 Å². The summed E-state index contributed by atoms with van der Waals surface area (Å²) in [6, 6.07) is 20.6. The van der Waals surface area contributed by atoms with Crippen molar-refractivity contribution in [1.82, 2.24) is 9.80 Å². The minimum atomic E-state index is 0.152. The topological polar surface area (TPSA) is 23.6 Å². The van der Waals surface area contributed by atoms with E-state index >= 15 is 0 Å². The Labute approximate surface area is 142 Å². The second-order valence-corrected chi connectivity index (χ2v) is 6.93. The Morgan fingerprint density at radius 1 is 1.04 bits per heavy atom. The van der Waals surface area contributed by atoms with Crippen LogP contribution in [0.2, 0.25) is 0 Å². The van der Waals surface area contributed by atoms with Crippen LogP contribution in [0.1, 0.15) is 11.6 Å². The van der Waals surface area contributed by atoms with E-state index < -0.39 is 0 Å². The first-order chi connectivity index (χ1) is 11.2. The third-order valence-corrected chi connectivity index (χ3v) is 5.19. The molecule has 1 heterocycles. The minimum Gasteiger partial charge on any atom is -0.332 e. The molecule has 1 saturated heterocycles. The van der Waals surface area contributed by atoms with Gasteiger partial charge in [-0.1, -0.05) is 48.5 Å². The van der Waals surface area contributed by atoms with Crippen molar-refractivity contribution < 1.29 is 4.79 Å². The molecule has 1 fully saturated rings. The lowest BCUT2D eigenvalue weighted by Gasteiger charge is -2.40.